The topological polar surface area (TPSA) is 60.8 Å². The largest absolute Gasteiger partial charge is 0.463 e. The summed E-state index contributed by atoms with van der Waals surface area (Å²) in [6, 6.07) is 9.75. The third-order valence-corrected chi connectivity index (χ3v) is 3.15. The average molecular weight is 270 g/mol. The minimum Gasteiger partial charge on any atom is -0.463 e. The highest BCUT2D eigenvalue weighted by Crippen LogP contribution is 2.20. The highest BCUT2D eigenvalue weighted by Gasteiger charge is 2.30. The maximum Gasteiger partial charge on any atom is 0.350 e. The van der Waals surface area contributed by atoms with Crippen molar-refractivity contribution in [3.05, 3.63) is 42.1 Å². The van der Waals surface area contributed by atoms with E-state index in [4.69, 9.17) is 9.57 Å². The van der Waals surface area contributed by atoms with Gasteiger partial charge in [0.25, 0.3) is 0 Å². The molecular weight excluding hydrogens is 256 g/mol. The van der Waals surface area contributed by atoms with E-state index in [9.17, 15) is 4.79 Å². The maximum atomic E-state index is 11.6. The monoisotopic (exact) mass is 270 g/mol. The van der Waals surface area contributed by atoms with Gasteiger partial charge in [0.1, 0.15) is 0 Å². The molecule has 0 amide bonds. The average Bonchev–Trinajstić information content (AvgIpc) is 2.97. The number of pyridine rings is 1. The first-order chi connectivity index (χ1) is 9.78. The highest BCUT2D eigenvalue weighted by molar-refractivity contribution is 6.05. The molecule has 2 heterocycles. The van der Waals surface area contributed by atoms with E-state index in [0.717, 1.165) is 22.2 Å². The zero-order valence-electron chi connectivity index (χ0n) is 11.1. The smallest absolute Gasteiger partial charge is 0.350 e. The van der Waals surface area contributed by atoms with Crippen LogP contribution in [0.15, 0.2) is 41.7 Å². The molecule has 0 fully saturated rings. The number of hydrogen-bond acceptors (Lipinski definition) is 5. The Morgan fingerprint density at radius 2 is 2.35 bits per heavy atom. The lowest BCUT2D eigenvalue weighted by Gasteiger charge is -2.06. The number of hydrogen-bond donors (Lipinski definition) is 0. The van der Waals surface area contributed by atoms with E-state index in [1.165, 1.54) is 0 Å². The van der Waals surface area contributed by atoms with Crippen LogP contribution in [0.25, 0.3) is 10.9 Å². The van der Waals surface area contributed by atoms with E-state index >= 15 is 0 Å². The summed E-state index contributed by atoms with van der Waals surface area (Å²) in [7, 11) is 0. The molecule has 2 aromatic rings. The fourth-order valence-corrected chi connectivity index (χ4v) is 2.16. The van der Waals surface area contributed by atoms with Gasteiger partial charge in [0.05, 0.1) is 17.8 Å². The molecule has 1 unspecified atom stereocenters. The number of esters is 1. The summed E-state index contributed by atoms with van der Waals surface area (Å²) < 4.78 is 4.93. The molecule has 0 N–H and O–H groups in total. The summed E-state index contributed by atoms with van der Waals surface area (Å²) >= 11 is 0. The Bertz CT molecular complexity index is 682. The first-order valence-corrected chi connectivity index (χ1v) is 6.52. The Balaban J connectivity index is 1.81. The molecule has 102 valence electrons. The van der Waals surface area contributed by atoms with Crippen LogP contribution < -0.4 is 0 Å². The van der Waals surface area contributed by atoms with Crippen LogP contribution in [0.1, 0.15) is 18.9 Å². The van der Waals surface area contributed by atoms with Crippen LogP contribution in [-0.2, 0) is 14.4 Å². The number of carbonyl (C=O) groups excluding carboxylic acids is 1. The quantitative estimate of drug-likeness (QED) is 0.803. The zero-order chi connectivity index (χ0) is 13.9. The molecule has 0 saturated carbocycles. The van der Waals surface area contributed by atoms with E-state index in [2.05, 4.69) is 10.1 Å². The lowest BCUT2D eigenvalue weighted by atomic mass is 10.0. The summed E-state index contributed by atoms with van der Waals surface area (Å²) in [6.07, 6.45) is 1.56. The lowest BCUT2D eigenvalue weighted by Crippen LogP contribution is -2.23. The Labute approximate surface area is 116 Å². The molecule has 1 aromatic carbocycles. The van der Waals surface area contributed by atoms with E-state index in [-0.39, 0.29) is 5.97 Å². The van der Waals surface area contributed by atoms with Crippen molar-refractivity contribution in [1.82, 2.24) is 4.98 Å². The number of aromatic nitrogens is 1. The zero-order valence-corrected chi connectivity index (χ0v) is 11.1. The second-order valence-electron chi connectivity index (χ2n) is 4.50. The van der Waals surface area contributed by atoms with Crippen molar-refractivity contribution in [2.75, 3.05) is 6.61 Å². The van der Waals surface area contributed by atoms with Gasteiger partial charge in [0.2, 0.25) is 6.10 Å². The van der Waals surface area contributed by atoms with Crippen molar-refractivity contribution in [2.24, 2.45) is 5.16 Å². The van der Waals surface area contributed by atoms with Crippen molar-refractivity contribution in [3.63, 3.8) is 0 Å². The molecule has 1 aliphatic rings. The van der Waals surface area contributed by atoms with Crippen LogP contribution in [0.3, 0.4) is 0 Å². The first kappa shape index (κ1) is 12.6. The van der Waals surface area contributed by atoms with Crippen molar-refractivity contribution in [3.8, 4) is 0 Å². The van der Waals surface area contributed by atoms with Gasteiger partial charge in [-0.3, -0.25) is 4.98 Å². The van der Waals surface area contributed by atoms with Crippen LogP contribution >= 0.6 is 0 Å². The number of carbonyl (C=O) groups is 1. The molecular formula is C15H14N2O3. The first-order valence-electron chi connectivity index (χ1n) is 6.52. The molecule has 1 aliphatic heterocycles. The predicted molar refractivity (Wildman–Crippen MR) is 74.4 cm³/mol. The highest BCUT2D eigenvalue weighted by atomic mass is 16.7. The fourth-order valence-electron chi connectivity index (χ4n) is 2.16. The van der Waals surface area contributed by atoms with E-state index in [1.54, 1.807) is 13.1 Å². The van der Waals surface area contributed by atoms with E-state index in [1.807, 2.05) is 30.3 Å². The molecule has 5 nitrogen and oxygen atoms in total. The number of oxime groups is 1. The SMILES string of the molecule is CCOC(=O)C1CC(c2ccc3ncccc3c2)=NO1. The van der Waals surface area contributed by atoms with Gasteiger partial charge in [-0.2, -0.15) is 0 Å². The second-order valence-corrected chi connectivity index (χ2v) is 4.50. The molecule has 20 heavy (non-hydrogen) atoms. The van der Waals surface area contributed by atoms with Crippen molar-refractivity contribution in [1.29, 1.82) is 0 Å². The van der Waals surface area contributed by atoms with Crippen LogP contribution in [0.5, 0.6) is 0 Å². The second kappa shape index (κ2) is 5.28. The van der Waals surface area contributed by atoms with E-state index < -0.39 is 6.10 Å². The third kappa shape index (κ3) is 2.34. The standard InChI is InChI=1S/C15H14N2O3/c1-2-19-15(18)14-9-13(17-20-14)11-5-6-12-10(8-11)4-3-7-16-12/h3-8,14H,2,9H2,1H3. The normalized spacial score (nSPS) is 17.6. The lowest BCUT2D eigenvalue weighted by molar-refractivity contribution is -0.154. The van der Waals surface area contributed by atoms with Gasteiger partial charge in [-0.25, -0.2) is 4.79 Å². The summed E-state index contributed by atoms with van der Waals surface area (Å²) in [6.45, 7) is 2.11. The fraction of sp³-hybridized carbons (Fsp3) is 0.267. The molecule has 0 radical (unpaired) electrons. The minimum atomic E-state index is -0.630. The molecule has 0 spiro atoms. The number of nitrogens with zero attached hydrogens (tertiary/aromatic N) is 2. The van der Waals surface area contributed by atoms with Gasteiger partial charge in [-0.1, -0.05) is 17.3 Å². The van der Waals surface area contributed by atoms with Gasteiger partial charge >= 0.3 is 5.97 Å². The summed E-state index contributed by atoms with van der Waals surface area (Å²) in [4.78, 5) is 21.0. The Hall–Kier alpha value is -2.43. The van der Waals surface area contributed by atoms with Gasteiger partial charge in [-0.05, 0) is 25.1 Å². The molecule has 0 aliphatic carbocycles. The molecule has 0 saturated heterocycles. The van der Waals surface area contributed by atoms with Gasteiger partial charge in [0.15, 0.2) is 0 Å². The van der Waals surface area contributed by atoms with Gasteiger partial charge < -0.3 is 9.57 Å². The summed E-state index contributed by atoms with van der Waals surface area (Å²) in [5.41, 5.74) is 2.63. The van der Waals surface area contributed by atoms with Crippen LogP contribution in [0.4, 0.5) is 0 Å². The molecule has 0 bridgehead atoms. The Morgan fingerprint density at radius 3 is 3.20 bits per heavy atom. The van der Waals surface area contributed by atoms with Crippen LogP contribution in [-0.4, -0.2) is 29.4 Å². The number of rotatable bonds is 3. The van der Waals surface area contributed by atoms with E-state index in [0.29, 0.717) is 13.0 Å². The molecule has 5 heteroatoms. The van der Waals surface area contributed by atoms with Crippen LogP contribution in [0, 0.1) is 0 Å². The minimum absolute atomic E-state index is 0.343. The van der Waals surface area contributed by atoms with Crippen molar-refractivity contribution < 1.29 is 14.4 Å². The van der Waals surface area contributed by atoms with Gasteiger partial charge in [0, 0.05) is 23.6 Å². The number of fused-ring (bicyclic) bond motifs is 1. The number of ether oxygens (including phenoxy) is 1. The predicted octanol–water partition coefficient (Wildman–Crippen LogP) is 2.29. The van der Waals surface area contributed by atoms with Crippen molar-refractivity contribution >= 4 is 22.6 Å². The Morgan fingerprint density at radius 1 is 1.45 bits per heavy atom. The molecule has 1 atom stereocenters. The van der Waals surface area contributed by atoms with Gasteiger partial charge in [-0.15, -0.1) is 0 Å². The molecule has 3 rings (SSSR count). The summed E-state index contributed by atoms with van der Waals surface area (Å²) in [5, 5.41) is 5.03. The Kier molecular flexibility index (Phi) is 3.33. The number of benzene rings is 1. The summed E-state index contributed by atoms with van der Waals surface area (Å²) in [5.74, 6) is -0.367. The maximum absolute atomic E-state index is 11.6. The van der Waals surface area contributed by atoms with Crippen molar-refractivity contribution in [2.45, 2.75) is 19.4 Å². The molecule has 1 aromatic heterocycles. The third-order valence-electron chi connectivity index (χ3n) is 3.15. The van der Waals surface area contributed by atoms with Crippen LogP contribution in [0.2, 0.25) is 0 Å².